The lowest BCUT2D eigenvalue weighted by atomic mass is 9.99. The van der Waals surface area contributed by atoms with E-state index in [1.54, 1.807) is 0 Å². The fourth-order valence-corrected chi connectivity index (χ4v) is 12.7. The monoisotopic (exact) mass is 1370 g/mol. The van der Waals surface area contributed by atoms with Crippen molar-refractivity contribution in [2.45, 2.75) is 388 Å². The lowest BCUT2D eigenvalue weighted by Gasteiger charge is -2.21. The van der Waals surface area contributed by atoms with Crippen molar-refractivity contribution in [1.29, 1.82) is 0 Å². The molecule has 552 valence electrons. The van der Waals surface area contributed by atoms with Gasteiger partial charge in [0.2, 0.25) is 0 Å². The van der Waals surface area contributed by atoms with E-state index in [4.69, 9.17) is 37.0 Å². The Balaban J connectivity index is 5.27. The minimum atomic E-state index is -4.96. The van der Waals surface area contributed by atoms with Gasteiger partial charge in [-0.05, 0) is 49.4 Å². The van der Waals surface area contributed by atoms with Crippen LogP contribution in [0.2, 0.25) is 0 Å². The van der Waals surface area contributed by atoms with E-state index in [1.165, 1.54) is 173 Å². The summed E-state index contributed by atoms with van der Waals surface area (Å²) >= 11 is 0. The van der Waals surface area contributed by atoms with Crippen molar-refractivity contribution >= 4 is 39.5 Å². The molecule has 0 amide bonds. The second-order valence-electron chi connectivity index (χ2n) is 28.1. The van der Waals surface area contributed by atoms with Crippen LogP contribution in [0.15, 0.2) is 0 Å². The molecule has 0 aromatic carbocycles. The van der Waals surface area contributed by atoms with Crippen LogP contribution in [-0.2, 0) is 65.4 Å². The molecule has 7 atom stereocenters. The average molecular weight is 1370 g/mol. The normalized spacial score (nSPS) is 14.8. The summed E-state index contributed by atoms with van der Waals surface area (Å²) in [5.74, 6) is 0.970. The minimum absolute atomic E-state index is 0.105. The van der Waals surface area contributed by atoms with Crippen molar-refractivity contribution in [3.63, 3.8) is 0 Å². The molecular weight excluding hydrogens is 1220 g/mol. The fourth-order valence-electron chi connectivity index (χ4n) is 11.1. The summed E-state index contributed by atoms with van der Waals surface area (Å²) in [6.07, 6.45) is 47.0. The molecule has 0 aliphatic carbocycles. The molecule has 0 saturated heterocycles. The number of carbonyl (C=O) groups is 4. The minimum Gasteiger partial charge on any atom is -0.462 e. The van der Waals surface area contributed by atoms with Gasteiger partial charge in [0.05, 0.1) is 26.4 Å². The Morgan fingerprint density at radius 1 is 0.301 bits per heavy atom. The molecule has 0 aromatic rings. The summed E-state index contributed by atoms with van der Waals surface area (Å²) in [7, 11) is -9.91. The van der Waals surface area contributed by atoms with E-state index < -0.39 is 97.5 Å². The molecule has 0 aliphatic rings. The number of phosphoric ester groups is 2. The maximum atomic E-state index is 13.1. The van der Waals surface area contributed by atoms with Crippen molar-refractivity contribution in [3.05, 3.63) is 0 Å². The number of unbranched alkanes of at least 4 members (excludes halogenated alkanes) is 35. The standard InChI is InChI=1S/C74H144O17P2/c1-9-66(7)52-44-36-28-19-16-17-21-33-41-49-57-74(79)91-69(60-84-71(76)54-46-38-30-24-22-27-35-43-51-65(5)6)62-88-92(80,81)86-58-68(75)59-87-93(82,83)89-63-70(61-85-72(77)55-47-39-31-25-23-29-37-45-53-67(8)10-2)90-73(78)56-48-40-32-20-15-13-11-12-14-18-26-34-42-50-64(3)4/h64-70,75H,9-63H2,1-8H3,(H,80,81)(H,82,83)/t66?,67?,68?,69-,70-/m1/s1. The first-order valence-electron chi connectivity index (χ1n) is 38.3. The van der Waals surface area contributed by atoms with Gasteiger partial charge < -0.3 is 33.8 Å². The van der Waals surface area contributed by atoms with Crippen LogP contribution in [0.4, 0.5) is 0 Å². The van der Waals surface area contributed by atoms with Gasteiger partial charge >= 0.3 is 39.5 Å². The van der Waals surface area contributed by atoms with Crippen LogP contribution in [0.3, 0.4) is 0 Å². The molecule has 0 spiro atoms. The van der Waals surface area contributed by atoms with Crippen molar-refractivity contribution in [3.8, 4) is 0 Å². The molecule has 0 radical (unpaired) electrons. The molecule has 0 rings (SSSR count). The Morgan fingerprint density at radius 2 is 0.516 bits per heavy atom. The van der Waals surface area contributed by atoms with Gasteiger partial charge in [-0.15, -0.1) is 0 Å². The molecule has 0 aliphatic heterocycles. The van der Waals surface area contributed by atoms with Crippen LogP contribution in [0.5, 0.6) is 0 Å². The maximum absolute atomic E-state index is 13.1. The number of ether oxygens (including phenoxy) is 4. The maximum Gasteiger partial charge on any atom is 0.472 e. The molecule has 3 N–H and O–H groups in total. The Hall–Kier alpha value is -1.94. The number of hydrogen-bond donors (Lipinski definition) is 3. The number of hydrogen-bond acceptors (Lipinski definition) is 15. The van der Waals surface area contributed by atoms with Crippen LogP contribution in [0.25, 0.3) is 0 Å². The van der Waals surface area contributed by atoms with Crippen LogP contribution in [0.1, 0.15) is 370 Å². The number of aliphatic hydroxyl groups excluding tert-OH is 1. The molecule has 19 heteroatoms. The van der Waals surface area contributed by atoms with Gasteiger partial charge in [0, 0.05) is 25.7 Å². The second-order valence-corrected chi connectivity index (χ2v) is 31.0. The van der Waals surface area contributed by atoms with Crippen LogP contribution < -0.4 is 0 Å². The number of aliphatic hydroxyl groups is 1. The summed E-state index contributed by atoms with van der Waals surface area (Å²) in [5.41, 5.74) is 0. The molecule has 0 bridgehead atoms. The largest absolute Gasteiger partial charge is 0.472 e. The number of rotatable bonds is 71. The van der Waals surface area contributed by atoms with E-state index in [-0.39, 0.29) is 25.7 Å². The van der Waals surface area contributed by atoms with Crippen LogP contribution in [0, 0.1) is 23.7 Å². The van der Waals surface area contributed by atoms with Gasteiger partial charge in [-0.2, -0.15) is 0 Å². The summed E-state index contributed by atoms with van der Waals surface area (Å²) < 4.78 is 68.5. The van der Waals surface area contributed by atoms with Crippen molar-refractivity contribution in [2.24, 2.45) is 23.7 Å². The van der Waals surface area contributed by atoms with Gasteiger partial charge in [0.15, 0.2) is 12.2 Å². The Morgan fingerprint density at radius 3 is 0.763 bits per heavy atom. The average Bonchev–Trinajstić information content (AvgIpc) is 2.52. The quantitative estimate of drug-likeness (QED) is 0.0222. The highest BCUT2D eigenvalue weighted by Gasteiger charge is 2.30. The molecular formula is C74H144O17P2. The van der Waals surface area contributed by atoms with Crippen molar-refractivity contribution in [2.75, 3.05) is 39.6 Å². The molecule has 5 unspecified atom stereocenters. The zero-order valence-corrected chi connectivity index (χ0v) is 62.7. The number of phosphoric acid groups is 2. The van der Waals surface area contributed by atoms with Gasteiger partial charge in [0.1, 0.15) is 19.3 Å². The van der Waals surface area contributed by atoms with E-state index in [9.17, 15) is 43.2 Å². The molecule has 17 nitrogen and oxygen atoms in total. The lowest BCUT2D eigenvalue weighted by molar-refractivity contribution is -0.161. The third kappa shape index (κ3) is 65.8. The van der Waals surface area contributed by atoms with Gasteiger partial charge in [0.25, 0.3) is 0 Å². The van der Waals surface area contributed by atoms with Crippen molar-refractivity contribution < 1.29 is 80.2 Å². The van der Waals surface area contributed by atoms with E-state index >= 15 is 0 Å². The zero-order chi connectivity index (χ0) is 68.9. The lowest BCUT2D eigenvalue weighted by Crippen LogP contribution is -2.30. The summed E-state index contributed by atoms with van der Waals surface area (Å²) in [6, 6.07) is 0. The van der Waals surface area contributed by atoms with Crippen LogP contribution in [-0.4, -0.2) is 96.7 Å². The first-order chi connectivity index (χ1) is 44.7. The predicted molar refractivity (Wildman–Crippen MR) is 377 cm³/mol. The number of carbonyl (C=O) groups excluding carboxylic acids is 4. The highest BCUT2D eigenvalue weighted by atomic mass is 31.2. The summed E-state index contributed by atoms with van der Waals surface area (Å²) in [4.78, 5) is 72.8. The molecule has 0 fully saturated rings. The van der Waals surface area contributed by atoms with E-state index in [0.29, 0.717) is 25.7 Å². The fraction of sp³-hybridized carbons (Fsp3) is 0.946. The van der Waals surface area contributed by atoms with Gasteiger partial charge in [-0.25, -0.2) is 9.13 Å². The Bertz CT molecular complexity index is 1840. The first-order valence-corrected chi connectivity index (χ1v) is 41.3. The third-order valence-electron chi connectivity index (χ3n) is 17.8. The number of esters is 4. The highest BCUT2D eigenvalue weighted by molar-refractivity contribution is 7.47. The summed E-state index contributed by atoms with van der Waals surface area (Å²) in [6.45, 7) is 14.2. The highest BCUT2D eigenvalue weighted by Crippen LogP contribution is 2.45. The molecule has 0 heterocycles. The third-order valence-corrected chi connectivity index (χ3v) is 19.7. The first kappa shape index (κ1) is 91.1. The topological polar surface area (TPSA) is 237 Å². The van der Waals surface area contributed by atoms with E-state index in [0.717, 1.165) is 114 Å². The Labute approximate surface area is 568 Å². The summed E-state index contributed by atoms with van der Waals surface area (Å²) in [5, 5.41) is 10.6. The molecule has 0 saturated carbocycles. The Kier molecular flexibility index (Phi) is 62.2. The van der Waals surface area contributed by atoms with Crippen LogP contribution >= 0.6 is 15.6 Å². The SMILES string of the molecule is CCC(C)CCCCCCCCCCCCC(=O)O[C@H](COC(=O)CCCCCCCCCCC(C)C)COP(=O)(O)OCC(O)COP(=O)(O)OC[C@@H](COC(=O)CCCCCCCCCCC(C)CC)OC(=O)CCCCCCCCCCCCCCCC(C)C. The van der Waals surface area contributed by atoms with E-state index in [2.05, 4.69) is 55.4 Å². The van der Waals surface area contributed by atoms with Gasteiger partial charge in [-0.1, -0.05) is 319 Å². The molecule has 93 heavy (non-hydrogen) atoms. The smallest absolute Gasteiger partial charge is 0.462 e. The second kappa shape index (κ2) is 63.5. The van der Waals surface area contributed by atoms with Crippen molar-refractivity contribution in [1.82, 2.24) is 0 Å². The zero-order valence-electron chi connectivity index (χ0n) is 60.9. The van der Waals surface area contributed by atoms with Gasteiger partial charge in [-0.3, -0.25) is 37.3 Å². The predicted octanol–water partition coefficient (Wildman–Crippen LogP) is 21.3. The van der Waals surface area contributed by atoms with E-state index in [1.807, 2.05) is 0 Å². The molecule has 0 aromatic heterocycles.